The Morgan fingerprint density at radius 3 is 2.37 bits per heavy atom. The summed E-state index contributed by atoms with van der Waals surface area (Å²) in [6, 6.07) is 21.0. The molecular formula is C29H28N4O4S. The molecule has 1 aliphatic heterocycles. The van der Waals surface area contributed by atoms with Crippen LogP contribution in [0, 0.1) is 0 Å². The molecule has 194 valence electrons. The summed E-state index contributed by atoms with van der Waals surface area (Å²) in [5, 5.41) is 13.0. The van der Waals surface area contributed by atoms with Crippen molar-refractivity contribution in [3.8, 4) is 0 Å². The average molecular weight is 529 g/mol. The number of aliphatic hydroxyl groups excluding tert-OH is 1. The zero-order valence-electron chi connectivity index (χ0n) is 20.6. The molecule has 1 fully saturated rings. The number of carbonyl (C=O) groups is 1. The first-order chi connectivity index (χ1) is 18.7. The third-order valence-electron chi connectivity index (χ3n) is 6.18. The maximum atomic E-state index is 12.3. The fourth-order valence-electron chi connectivity index (χ4n) is 4.12. The second kappa shape index (κ2) is 12.7. The van der Waals surface area contributed by atoms with Crippen molar-refractivity contribution in [1.29, 1.82) is 0 Å². The number of aromatic nitrogens is 3. The standard InChI is InChI=1S/C29H28N4O4S/c34-18-21-6-8-22(9-7-21)26-15-25(19-38-29-31-13-2-14-32-29)36-28(37-26)23-10-4-20(5-11-23)16-33-27(35)24-3-1-12-30-17-24/h1-14,17,25-26,28,34H,15-16,18-19H2,(H,33,35). The molecule has 1 aliphatic rings. The Morgan fingerprint density at radius 2 is 1.66 bits per heavy atom. The Labute approximate surface area is 225 Å². The Hall–Kier alpha value is -3.63. The smallest absolute Gasteiger partial charge is 0.253 e. The quantitative estimate of drug-likeness (QED) is 0.239. The van der Waals surface area contributed by atoms with Crippen LogP contribution in [0.1, 0.15) is 51.4 Å². The molecule has 8 nitrogen and oxygen atoms in total. The molecule has 1 amide bonds. The van der Waals surface area contributed by atoms with Gasteiger partial charge in [0.2, 0.25) is 0 Å². The largest absolute Gasteiger partial charge is 0.392 e. The number of aliphatic hydroxyl groups is 1. The van der Waals surface area contributed by atoms with Crippen LogP contribution in [-0.2, 0) is 22.6 Å². The van der Waals surface area contributed by atoms with E-state index in [-0.39, 0.29) is 24.7 Å². The molecule has 0 aliphatic carbocycles. The minimum atomic E-state index is -0.549. The van der Waals surface area contributed by atoms with Crippen molar-refractivity contribution in [2.24, 2.45) is 0 Å². The van der Waals surface area contributed by atoms with Crippen LogP contribution in [0.25, 0.3) is 0 Å². The van der Waals surface area contributed by atoms with E-state index in [0.717, 1.165) is 22.3 Å². The Morgan fingerprint density at radius 1 is 0.921 bits per heavy atom. The van der Waals surface area contributed by atoms with E-state index in [2.05, 4.69) is 20.3 Å². The summed E-state index contributed by atoms with van der Waals surface area (Å²) in [5.41, 5.74) is 4.28. The summed E-state index contributed by atoms with van der Waals surface area (Å²) in [4.78, 5) is 24.9. The number of pyridine rings is 1. The lowest BCUT2D eigenvalue weighted by Crippen LogP contribution is -2.31. The van der Waals surface area contributed by atoms with Gasteiger partial charge in [0.05, 0.1) is 24.4 Å². The molecule has 2 N–H and O–H groups in total. The van der Waals surface area contributed by atoms with Crippen LogP contribution in [0.3, 0.4) is 0 Å². The zero-order valence-corrected chi connectivity index (χ0v) is 21.5. The number of thioether (sulfide) groups is 1. The van der Waals surface area contributed by atoms with Gasteiger partial charge < -0.3 is 19.9 Å². The van der Waals surface area contributed by atoms with Gasteiger partial charge in [-0.15, -0.1) is 0 Å². The third kappa shape index (κ3) is 6.81. The number of amides is 1. The molecule has 0 spiro atoms. The SMILES string of the molecule is O=C(NCc1ccc(C2OC(CSc3ncccn3)CC(c3ccc(CO)cc3)O2)cc1)c1cccnc1. The van der Waals surface area contributed by atoms with E-state index >= 15 is 0 Å². The van der Waals surface area contributed by atoms with E-state index in [1.165, 1.54) is 0 Å². The normalized spacial score (nSPS) is 19.1. The molecule has 3 unspecified atom stereocenters. The second-order valence-corrected chi connectivity index (χ2v) is 9.85. The molecule has 0 radical (unpaired) electrons. The van der Waals surface area contributed by atoms with Crippen LogP contribution in [0.4, 0.5) is 0 Å². The maximum Gasteiger partial charge on any atom is 0.253 e. The van der Waals surface area contributed by atoms with E-state index in [1.54, 1.807) is 54.7 Å². The van der Waals surface area contributed by atoms with Crippen LogP contribution in [0.5, 0.6) is 0 Å². The van der Waals surface area contributed by atoms with Gasteiger partial charge in [-0.3, -0.25) is 9.78 Å². The van der Waals surface area contributed by atoms with Crippen molar-refractivity contribution < 1.29 is 19.4 Å². The summed E-state index contributed by atoms with van der Waals surface area (Å²) in [6.45, 7) is 0.402. The van der Waals surface area contributed by atoms with Crippen LogP contribution < -0.4 is 5.32 Å². The number of rotatable bonds is 9. The fourth-order valence-corrected chi connectivity index (χ4v) is 4.94. The van der Waals surface area contributed by atoms with Gasteiger partial charge in [0.25, 0.3) is 5.91 Å². The fraction of sp³-hybridized carbons (Fsp3) is 0.241. The monoisotopic (exact) mass is 528 g/mol. The van der Waals surface area contributed by atoms with E-state index in [1.807, 2.05) is 48.5 Å². The number of carbonyl (C=O) groups excluding carboxylic acids is 1. The summed E-state index contributed by atoms with van der Waals surface area (Å²) in [7, 11) is 0. The first-order valence-corrected chi connectivity index (χ1v) is 13.3. The lowest BCUT2D eigenvalue weighted by atomic mass is 10.0. The van der Waals surface area contributed by atoms with Crippen LogP contribution in [0.15, 0.2) is 96.7 Å². The van der Waals surface area contributed by atoms with Gasteiger partial charge >= 0.3 is 0 Å². The number of hydrogen-bond acceptors (Lipinski definition) is 8. The van der Waals surface area contributed by atoms with Crippen molar-refractivity contribution in [1.82, 2.24) is 20.3 Å². The van der Waals surface area contributed by atoms with Crippen LogP contribution in [0.2, 0.25) is 0 Å². The molecule has 4 aromatic rings. The molecular weight excluding hydrogens is 500 g/mol. The minimum absolute atomic E-state index is 0.00290. The van der Waals surface area contributed by atoms with Crippen LogP contribution in [-0.4, -0.2) is 37.8 Å². The van der Waals surface area contributed by atoms with Crippen molar-refractivity contribution in [3.63, 3.8) is 0 Å². The van der Waals surface area contributed by atoms with Crippen molar-refractivity contribution >= 4 is 17.7 Å². The molecule has 5 rings (SSSR count). The Kier molecular flexibility index (Phi) is 8.72. The van der Waals surface area contributed by atoms with Gasteiger partial charge in [-0.2, -0.15) is 0 Å². The predicted molar refractivity (Wildman–Crippen MR) is 143 cm³/mol. The minimum Gasteiger partial charge on any atom is -0.392 e. The average Bonchev–Trinajstić information content (AvgIpc) is 3.00. The van der Waals surface area contributed by atoms with E-state index in [0.29, 0.717) is 29.4 Å². The highest BCUT2D eigenvalue weighted by Crippen LogP contribution is 2.39. The number of ether oxygens (including phenoxy) is 2. The van der Waals surface area contributed by atoms with Gasteiger partial charge in [0.1, 0.15) is 0 Å². The van der Waals surface area contributed by atoms with Crippen molar-refractivity contribution in [2.75, 3.05) is 5.75 Å². The van der Waals surface area contributed by atoms with E-state index in [9.17, 15) is 9.90 Å². The molecule has 2 aromatic carbocycles. The number of benzene rings is 2. The molecule has 9 heteroatoms. The summed E-state index contributed by atoms with van der Waals surface area (Å²) >= 11 is 1.56. The van der Waals surface area contributed by atoms with Gasteiger partial charge in [0.15, 0.2) is 11.4 Å². The van der Waals surface area contributed by atoms with Gasteiger partial charge in [-0.25, -0.2) is 9.97 Å². The highest BCUT2D eigenvalue weighted by atomic mass is 32.2. The molecule has 38 heavy (non-hydrogen) atoms. The molecule has 0 bridgehead atoms. The summed E-state index contributed by atoms with van der Waals surface area (Å²) in [6.07, 6.45) is 6.54. The number of nitrogens with one attached hydrogen (secondary N) is 1. The van der Waals surface area contributed by atoms with Crippen molar-refractivity contribution in [2.45, 2.75) is 43.2 Å². The van der Waals surface area contributed by atoms with E-state index < -0.39 is 6.29 Å². The molecule has 0 saturated carbocycles. The predicted octanol–water partition coefficient (Wildman–Crippen LogP) is 4.63. The van der Waals surface area contributed by atoms with Crippen molar-refractivity contribution in [3.05, 3.63) is 119 Å². The van der Waals surface area contributed by atoms with Gasteiger partial charge in [-0.05, 0) is 34.9 Å². The molecule has 3 atom stereocenters. The third-order valence-corrected chi connectivity index (χ3v) is 7.19. The first kappa shape index (κ1) is 26.0. The highest BCUT2D eigenvalue weighted by molar-refractivity contribution is 7.99. The molecule has 3 heterocycles. The summed E-state index contributed by atoms with van der Waals surface area (Å²) < 4.78 is 12.8. The Balaban J connectivity index is 1.27. The lowest BCUT2D eigenvalue weighted by Gasteiger charge is -2.36. The van der Waals surface area contributed by atoms with Gasteiger partial charge in [0, 0.05) is 49.1 Å². The zero-order chi connectivity index (χ0) is 26.2. The van der Waals surface area contributed by atoms with E-state index in [4.69, 9.17) is 9.47 Å². The van der Waals surface area contributed by atoms with Gasteiger partial charge in [-0.1, -0.05) is 60.3 Å². The molecule has 2 aromatic heterocycles. The van der Waals surface area contributed by atoms with Crippen LogP contribution >= 0.6 is 11.8 Å². The lowest BCUT2D eigenvalue weighted by molar-refractivity contribution is -0.245. The number of nitrogens with zero attached hydrogens (tertiary/aromatic N) is 3. The second-order valence-electron chi connectivity index (χ2n) is 8.86. The maximum absolute atomic E-state index is 12.3. The molecule has 1 saturated heterocycles. The Bertz CT molecular complexity index is 1310. The number of hydrogen-bond donors (Lipinski definition) is 2. The summed E-state index contributed by atoms with van der Waals surface area (Å²) in [5.74, 6) is 0.520. The highest BCUT2D eigenvalue weighted by Gasteiger charge is 2.32. The first-order valence-electron chi connectivity index (χ1n) is 12.4. The topological polar surface area (TPSA) is 106 Å².